The minimum atomic E-state index is -0.0191. The molecule has 2 aromatic rings. The van der Waals surface area contributed by atoms with E-state index in [9.17, 15) is 4.79 Å². The Morgan fingerprint density at radius 1 is 1.28 bits per heavy atom. The lowest BCUT2D eigenvalue weighted by atomic mass is 10.0. The molecule has 2 atom stereocenters. The van der Waals surface area contributed by atoms with Crippen LogP contribution in [0.2, 0.25) is 0 Å². The Labute approximate surface area is 147 Å². The molecule has 2 fully saturated rings. The van der Waals surface area contributed by atoms with Gasteiger partial charge in [-0.15, -0.1) is 0 Å². The number of carbonyl (C=O) groups excluding carboxylic acids is 1. The molecule has 1 amide bonds. The van der Waals surface area contributed by atoms with Gasteiger partial charge >= 0.3 is 0 Å². The highest BCUT2D eigenvalue weighted by Crippen LogP contribution is 2.24. The molecule has 7 heteroatoms. The first-order chi connectivity index (χ1) is 12.2. The van der Waals surface area contributed by atoms with Gasteiger partial charge in [0.15, 0.2) is 5.76 Å². The fourth-order valence-electron chi connectivity index (χ4n) is 3.79. The summed E-state index contributed by atoms with van der Waals surface area (Å²) in [5.74, 6) is 1.59. The summed E-state index contributed by atoms with van der Waals surface area (Å²) in [6.07, 6.45) is 3.60. The van der Waals surface area contributed by atoms with Gasteiger partial charge < -0.3 is 14.1 Å². The second-order valence-corrected chi connectivity index (χ2v) is 6.87. The van der Waals surface area contributed by atoms with Crippen LogP contribution in [0.1, 0.15) is 23.2 Å². The van der Waals surface area contributed by atoms with E-state index in [2.05, 4.69) is 16.9 Å². The summed E-state index contributed by atoms with van der Waals surface area (Å²) in [5, 5.41) is 4.16. The van der Waals surface area contributed by atoms with Gasteiger partial charge in [-0.1, -0.05) is 6.92 Å². The maximum absolute atomic E-state index is 12.8. The molecule has 2 saturated heterocycles. The van der Waals surface area contributed by atoms with E-state index < -0.39 is 0 Å². The van der Waals surface area contributed by atoms with Crippen LogP contribution in [-0.2, 0) is 11.3 Å². The molecule has 0 aliphatic carbocycles. The molecule has 2 aliphatic rings. The van der Waals surface area contributed by atoms with Crippen molar-refractivity contribution in [1.82, 2.24) is 19.6 Å². The van der Waals surface area contributed by atoms with Gasteiger partial charge in [0.05, 0.1) is 19.8 Å². The van der Waals surface area contributed by atoms with E-state index in [1.807, 2.05) is 23.2 Å². The van der Waals surface area contributed by atoms with Crippen LogP contribution in [0.25, 0.3) is 0 Å². The molecular formula is C18H24N4O3. The number of morpholine rings is 1. The summed E-state index contributed by atoms with van der Waals surface area (Å²) in [6.45, 7) is 7.76. The standard InChI is InChI=1S/C18H24N4O3/c1-14-11-21(13-16(14)20-7-9-24-10-8-20)18(23)17-4-3-15(25-17)12-22-6-2-5-19-22/h2-6,14,16H,7-13H2,1H3. The Hall–Kier alpha value is -2.12. The maximum atomic E-state index is 12.8. The minimum absolute atomic E-state index is 0.0191. The lowest BCUT2D eigenvalue weighted by molar-refractivity contribution is 0.0118. The molecule has 7 nitrogen and oxygen atoms in total. The van der Waals surface area contributed by atoms with Crippen molar-refractivity contribution >= 4 is 5.91 Å². The molecule has 0 aromatic carbocycles. The minimum Gasteiger partial charge on any atom is -0.454 e. The molecule has 2 aliphatic heterocycles. The van der Waals surface area contributed by atoms with Gasteiger partial charge in [-0.3, -0.25) is 14.4 Å². The van der Waals surface area contributed by atoms with Crippen LogP contribution >= 0.6 is 0 Å². The van der Waals surface area contributed by atoms with Crippen molar-refractivity contribution < 1.29 is 13.9 Å². The van der Waals surface area contributed by atoms with Gasteiger partial charge in [0.25, 0.3) is 5.91 Å². The zero-order chi connectivity index (χ0) is 17.2. The fraction of sp³-hybridized carbons (Fsp3) is 0.556. The van der Waals surface area contributed by atoms with Crippen LogP contribution in [0, 0.1) is 5.92 Å². The molecule has 4 rings (SSSR count). The van der Waals surface area contributed by atoms with Crippen LogP contribution in [0.5, 0.6) is 0 Å². The largest absolute Gasteiger partial charge is 0.454 e. The molecule has 4 heterocycles. The average Bonchev–Trinajstić information content (AvgIpc) is 3.37. The number of nitrogens with zero attached hydrogens (tertiary/aromatic N) is 4. The number of likely N-dealkylation sites (tertiary alicyclic amines) is 1. The Morgan fingerprint density at radius 2 is 2.12 bits per heavy atom. The van der Waals surface area contributed by atoms with Gasteiger partial charge in [0.1, 0.15) is 5.76 Å². The molecule has 2 unspecified atom stereocenters. The first-order valence-electron chi connectivity index (χ1n) is 8.88. The molecule has 25 heavy (non-hydrogen) atoms. The molecule has 0 radical (unpaired) electrons. The summed E-state index contributed by atoms with van der Waals surface area (Å²) in [4.78, 5) is 17.2. The normalized spacial score (nSPS) is 24.8. The van der Waals surface area contributed by atoms with Crippen LogP contribution in [-0.4, -0.2) is 70.9 Å². The van der Waals surface area contributed by atoms with Gasteiger partial charge in [-0.2, -0.15) is 5.10 Å². The first kappa shape index (κ1) is 16.4. The van der Waals surface area contributed by atoms with E-state index in [0.717, 1.165) is 45.2 Å². The van der Waals surface area contributed by atoms with E-state index in [0.29, 0.717) is 24.3 Å². The number of carbonyl (C=O) groups is 1. The van der Waals surface area contributed by atoms with Crippen LogP contribution in [0.15, 0.2) is 35.0 Å². The highest BCUT2D eigenvalue weighted by Gasteiger charge is 2.37. The van der Waals surface area contributed by atoms with Gasteiger partial charge in [0.2, 0.25) is 0 Å². The second-order valence-electron chi connectivity index (χ2n) is 6.87. The van der Waals surface area contributed by atoms with Crippen molar-refractivity contribution in [3.05, 3.63) is 42.1 Å². The molecule has 2 aromatic heterocycles. The van der Waals surface area contributed by atoms with Gasteiger partial charge in [-0.05, 0) is 24.1 Å². The number of ether oxygens (including phenoxy) is 1. The van der Waals surface area contributed by atoms with Crippen LogP contribution in [0.4, 0.5) is 0 Å². The lowest BCUT2D eigenvalue weighted by Crippen LogP contribution is -2.47. The summed E-state index contributed by atoms with van der Waals surface area (Å²) < 4.78 is 13.0. The number of amides is 1. The number of furan rings is 1. The number of hydrogen-bond acceptors (Lipinski definition) is 5. The summed E-state index contributed by atoms with van der Waals surface area (Å²) >= 11 is 0. The molecule has 0 spiro atoms. The van der Waals surface area contributed by atoms with Crippen molar-refractivity contribution in [1.29, 1.82) is 0 Å². The average molecular weight is 344 g/mol. The predicted molar refractivity (Wildman–Crippen MR) is 91.3 cm³/mol. The topological polar surface area (TPSA) is 63.7 Å². The smallest absolute Gasteiger partial charge is 0.289 e. The fourth-order valence-corrected chi connectivity index (χ4v) is 3.79. The highest BCUT2D eigenvalue weighted by molar-refractivity contribution is 5.91. The Morgan fingerprint density at radius 3 is 2.88 bits per heavy atom. The first-order valence-corrected chi connectivity index (χ1v) is 8.88. The van der Waals surface area contributed by atoms with E-state index in [1.165, 1.54) is 0 Å². The van der Waals surface area contributed by atoms with Gasteiger partial charge in [-0.25, -0.2) is 0 Å². The Kier molecular flexibility index (Phi) is 4.59. The predicted octanol–water partition coefficient (Wildman–Crippen LogP) is 1.32. The van der Waals surface area contributed by atoms with Crippen molar-refractivity contribution in [2.24, 2.45) is 5.92 Å². The quantitative estimate of drug-likeness (QED) is 0.837. The maximum Gasteiger partial charge on any atom is 0.289 e. The molecule has 134 valence electrons. The van der Waals surface area contributed by atoms with Gasteiger partial charge in [0, 0.05) is 44.6 Å². The summed E-state index contributed by atoms with van der Waals surface area (Å²) in [7, 11) is 0. The lowest BCUT2D eigenvalue weighted by Gasteiger charge is -2.33. The zero-order valence-corrected chi connectivity index (χ0v) is 14.5. The van der Waals surface area contributed by atoms with Crippen molar-refractivity contribution in [3.63, 3.8) is 0 Å². The third-order valence-corrected chi connectivity index (χ3v) is 5.12. The number of aromatic nitrogens is 2. The summed E-state index contributed by atoms with van der Waals surface area (Å²) in [6, 6.07) is 5.90. The highest BCUT2D eigenvalue weighted by atomic mass is 16.5. The van der Waals surface area contributed by atoms with E-state index in [1.54, 1.807) is 16.9 Å². The van der Waals surface area contributed by atoms with E-state index in [-0.39, 0.29) is 5.91 Å². The van der Waals surface area contributed by atoms with Crippen molar-refractivity contribution in [3.8, 4) is 0 Å². The summed E-state index contributed by atoms with van der Waals surface area (Å²) in [5.41, 5.74) is 0. The van der Waals surface area contributed by atoms with E-state index in [4.69, 9.17) is 9.15 Å². The second kappa shape index (κ2) is 7.01. The number of rotatable bonds is 4. The van der Waals surface area contributed by atoms with Crippen LogP contribution < -0.4 is 0 Å². The molecule has 0 saturated carbocycles. The van der Waals surface area contributed by atoms with E-state index >= 15 is 0 Å². The molecule has 0 N–H and O–H groups in total. The Bertz CT molecular complexity index is 706. The monoisotopic (exact) mass is 344 g/mol. The molecule has 0 bridgehead atoms. The molecular weight excluding hydrogens is 320 g/mol. The van der Waals surface area contributed by atoms with Crippen LogP contribution in [0.3, 0.4) is 0 Å². The third-order valence-electron chi connectivity index (χ3n) is 5.12. The third kappa shape index (κ3) is 3.48. The van der Waals surface area contributed by atoms with Crippen molar-refractivity contribution in [2.75, 3.05) is 39.4 Å². The van der Waals surface area contributed by atoms with Crippen molar-refractivity contribution in [2.45, 2.75) is 19.5 Å². The SMILES string of the molecule is CC1CN(C(=O)c2ccc(Cn3cccn3)o2)CC1N1CCOCC1. The number of hydrogen-bond donors (Lipinski definition) is 0. The zero-order valence-electron chi connectivity index (χ0n) is 14.5. The Balaban J connectivity index is 1.40.